The van der Waals surface area contributed by atoms with Crippen molar-refractivity contribution in [2.75, 3.05) is 20.1 Å². The van der Waals surface area contributed by atoms with Crippen LogP contribution in [0, 0.1) is 17.2 Å². The van der Waals surface area contributed by atoms with Gasteiger partial charge in [-0.1, -0.05) is 29.8 Å². The third kappa shape index (κ3) is 5.10. The van der Waals surface area contributed by atoms with E-state index in [9.17, 15) is 18.0 Å². The number of amides is 2. The van der Waals surface area contributed by atoms with Gasteiger partial charge in [0, 0.05) is 37.3 Å². The highest BCUT2D eigenvalue weighted by Crippen LogP contribution is 2.25. The van der Waals surface area contributed by atoms with Crippen LogP contribution >= 0.6 is 11.6 Å². The van der Waals surface area contributed by atoms with Crippen molar-refractivity contribution >= 4 is 33.4 Å². The predicted octanol–water partition coefficient (Wildman–Crippen LogP) is 2.26. The smallest absolute Gasteiger partial charge is 0.254 e. The first-order valence-corrected chi connectivity index (χ1v) is 11.7. The number of benzene rings is 2. The van der Waals surface area contributed by atoms with E-state index in [1.807, 2.05) is 6.07 Å². The van der Waals surface area contributed by atoms with Gasteiger partial charge in [-0.05, 0) is 42.8 Å². The molecule has 0 spiro atoms. The lowest BCUT2D eigenvalue weighted by Crippen LogP contribution is -2.49. The number of carbonyl (C=O) groups excluding carboxylic acids is 2. The highest BCUT2D eigenvalue weighted by atomic mass is 35.5. The zero-order valence-corrected chi connectivity index (χ0v) is 19.2. The highest BCUT2D eigenvalue weighted by molar-refractivity contribution is 7.89. The van der Waals surface area contributed by atoms with Gasteiger partial charge < -0.3 is 10.2 Å². The van der Waals surface area contributed by atoms with Gasteiger partial charge in [0.25, 0.3) is 5.91 Å². The van der Waals surface area contributed by atoms with Gasteiger partial charge in [-0.15, -0.1) is 0 Å². The minimum atomic E-state index is -3.78. The van der Waals surface area contributed by atoms with Gasteiger partial charge in [-0.3, -0.25) is 9.59 Å². The molecule has 1 atom stereocenters. The lowest BCUT2D eigenvalue weighted by atomic mass is 10.1. The van der Waals surface area contributed by atoms with Crippen LogP contribution in [-0.2, 0) is 21.4 Å². The molecule has 10 heteroatoms. The Bertz CT molecular complexity index is 1160. The Labute approximate surface area is 192 Å². The van der Waals surface area contributed by atoms with E-state index in [-0.39, 0.29) is 41.9 Å². The Morgan fingerprint density at radius 1 is 1.25 bits per heavy atom. The van der Waals surface area contributed by atoms with Crippen LogP contribution in [0.25, 0.3) is 0 Å². The molecule has 1 heterocycles. The summed E-state index contributed by atoms with van der Waals surface area (Å²) in [6, 6.07) is 14.0. The van der Waals surface area contributed by atoms with Crippen molar-refractivity contribution in [2.24, 2.45) is 5.92 Å². The quantitative estimate of drug-likeness (QED) is 0.661. The Kier molecular flexibility index (Phi) is 7.19. The van der Waals surface area contributed by atoms with Crippen LogP contribution < -0.4 is 5.32 Å². The molecular weight excluding hydrogens is 452 g/mol. The van der Waals surface area contributed by atoms with Crippen molar-refractivity contribution in [3.05, 3.63) is 64.7 Å². The van der Waals surface area contributed by atoms with E-state index in [0.717, 1.165) is 5.56 Å². The molecule has 3 rings (SSSR count). The second kappa shape index (κ2) is 9.69. The standard InChI is InChI=1S/C22H23ClN4O4S/c1-15(21(28)25-12-16-6-8-19(23)9-7-16)26(2)22(29)18-4-3-5-20(10-18)32(30,31)27-13-17(11-24)14-27/h3-10,15,17H,12-14H2,1-2H3,(H,25,28). The molecule has 1 saturated heterocycles. The minimum absolute atomic E-state index is 0.0204. The van der Waals surface area contributed by atoms with E-state index in [4.69, 9.17) is 16.9 Å². The van der Waals surface area contributed by atoms with Crippen molar-refractivity contribution in [2.45, 2.75) is 24.4 Å². The number of nitrogens with one attached hydrogen (secondary N) is 1. The lowest BCUT2D eigenvalue weighted by Gasteiger charge is -2.34. The van der Waals surface area contributed by atoms with Crippen LogP contribution in [0.2, 0.25) is 5.02 Å². The summed E-state index contributed by atoms with van der Waals surface area (Å²) >= 11 is 5.86. The Morgan fingerprint density at radius 3 is 2.53 bits per heavy atom. The number of rotatable bonds is 7. The summed E-state index contributed by atoms with van der Waals surface area (Å²) in [5, 5.41) is 12.2. The lowest BCUT2D eigenvalue weighted by molar-refractivity contribution is -0.124. The molecule has 2 aromatic carbocycles. The minimum Gasteiger partial charge on any atom is -0.350 e. The normalized spacial score (nSPS) is 15.3. The van der Waals surface area contributed by atoms with Crippen LogP contribution in [0.1, 0.15) is 22.8 Å². The fourth-order valence-corrected chi connectivity index (χ4v) is 4.85. The summed E-state index contributed by atoms with van der Waals surface area (Å²) in [6.45, 7) is 2.16. The number of nitrogens with zero attached hydrogens (tertiary/aromatic N) is 3. The average Bonchev–Trinajstić information content (AvgIpc) is 2.76. The van der Waals surface area contributed by atoms with Crippen LogP contribution in [0.3, 0.4) is 0 Å². The molecule has 1 unspecified atom stereocenters. The molecule has 1 aliphatic rings. The van der Waals surface area contributed by atoms with Crippen LogP contribution in [0.15, 0.2) is 53.4 Å². The molecular formula is C22H23ClN4O4S. The molecule has 32 heavy (non-hydrogen) atoms. The predicted molar refractivity (Wildman–Crippen MR) is 119 cm³/mol. The molecule has 0 radical (unpaired) electrons. The summed E-state index contributed by atoms with van der Waals surface area (Å²) in [6.07, 6.45) is 0. The largest absolute Gasteiger partial charge is 0.350 e. The Balaban J connectivity index is 1.66. The molecule has 0 saturated carbocycles. The molecule has 0 aromatic heterocycles. The first kappa shape index (κ1) is 23.7. The summed E-state index contributed by atoms with van der Waals surface area (Å²) in [5.41, 5.74) is 1.02. The van der Waals surface area contributed by atoms with E-state index in [1.54, 1.807) is 31.2 Å². The number of hydrogen-bond donors (Lipinski definition) is 1. The number of carbonyl (C=O) groups is 2. The van der Waals surface area contributed by atoms with Gasteiger partial charge in [0.2, 0.25) is 15.9 Å². The summed E-state index contributed by atoms with van der Waals surface area (Å²) < 4.78 is 26.7. The van der Waals surface area contributed by atoms with Crippen molar-refractivity contribution < 1.29 is 18.0 Å². The van der Waals surface area contributed by atoms with Crippen molar-refractivity contribution in [1.29, 1.82) is 5.26 Å². The Hall–Kier alpha value is -2.93. The molecule has 2 aromatic rings. The van der Waals surface area contributed by atoms with E-state index in [0.29, 0.717) is 5.02 Å². The number of sulfonamides is 1. The number of hydrogen-bond acceptors (Lipinski definition) is 5. The van der Waals surface area contributed by atoms with Gasteiger partial charge in [-0.25, -0.2) is 8.42 Å². The molecule has 8 nitrogen and oxygen atoms in total. The topological polar surface area (TPSA) is 111 Å². The van der Waals surface area contributed by atoms with E-state index < -0.39 is 22.0 Å². The molecule has 1 N–H and O–H groups in total. The number of halogens is 1. The molecule has 0 aliphatic carbocycles. The molecule has 2 amide bonds. The molecule has 1 aliphatic heterocycles. The van der Waals surface area contributed by atoms with Crippen LogP contribution in [0.5, 0.6) is 0 Å². The van der Waals surface area contributed by atoms with Crippen LogP contribution in [-0.4, -0.2) is 55.6 Å². The van der Waals surface area contributed by atoms with Gasteiger partial charge in [0.05, 0.1) is 16.9 Å². The van der Waals surface area contributed by atoms with Crippen molar-refractivity contribution in [3.8, 4) is 6.07 Å². The summed E-state index contributed by atoms with van der Waals surface area (Å²) in [5.74, 6) is -1.13. The average molecular weight is 475 g/mol. The highest BCUT2D eigenvalue weighted by Gasteiger charge is 2.37. The maximum atomic E-state index is 12.9. The van der Waals surface area contributed by atoms with Crippen LogP contribution in [0.4, 0.5) is 0 Å². The molecule has 1 fully saturated rings. The molecule has 0 bridgehead atoms. The monoisotopic (exact) mass is 474 g/mol. The third-order valence-electron chi connectivity index (χ3n) is 5.41. The first-order chi connectivity index (χ1) is 15.1. The van der Waals surface area contributed by atoms with Crippen molar-refractivity contribution in [1.82, 2.24) is 14.5 Å². The third-order valence-corrected chi connectivity index (χ3v) is 7.49. The van der Waals surface area contributed by atoms with E-state index >= 15 is 0 Å². The van der Waals surface area contributed by atoms with E-state index in [1.165, 1.54) is 40.5 Å². The summed E-state index contributed by atoms with van der Waals surface area (Å²) in [7, 11) is -2.29. The first-order valence-electron chi connectivity index (χ1n) is 9.92. The second-order valence-electron chi connectivity index (χ2n) is 7.61. The van der Waals surface area contributed by atoms with Crippen molar-refractivity contribution in [3.63, 3.8) is 0 Å². The van der Waals surface area contributed by atoms with E-state index in [2.05, 4.69) is 5.32 Å². The maximum absolute atomic E-state index is 12.9. The fourth-order valence-electron chi connectivity index (χ4n) is 3.15. The SMILES string of the molecule is CC(C(=O)NCc1ccc(Cl)cc1)N(C)C(=O)c1cccc(S(=O)(=O)N2CC(C#N)C2)c1. The number of nitriles is 1. The van der Waals surface area contributed by atoms with Gasteiger partial charge in [-0.2, -0.15) is 9.57 Å². The maximum Gasteiger partial charge on any atom is 0.254 e. The fraction of sp³-hybridized carbons (Fsp3) is 0.318. The molecule has 168 valence electrons. The zero-order valence-electron chi connectivity index (χ0n) is 17.7. The number of likely N-dealkylation sites (N-methyl/N-ethyl adjacent to an activating group) is 1. The van der Waals surface area contributed by atoms with Gasteiger partial charge in [0.1, 0.15) is 6.04 Å². The second-order valence-corrected chi connectivity index (χ2v) is 9.99. The zero-order chi connectivity index (χ0) is 23.5. The Morgan fingerprint density at radius 2 is 1.91 bits per heavy atom. The van der Waals surface area contributed by atoms with Gasteiger partial charge in [0.15, 0.2) is 0 Å². The summed E-state index contributed by atoms with van der Waals surface area (Å²) in [4.78, 5) is 26.7. The van der Waals surface area contributed by atoms with Gasteiger partial charge >= 0.3 is 0 Å².